The standard InChI is InChI=1S/C51H62F3N11O8/c1-49(2,27-50(3,4)63-22-20-61(21-23-63)35-13-9-12-31-40(35)45(70)65(44(31)69)36-14-15-39(66)58-43(36)68)46(71)62-18-16-29(17-19-62)56-42(67)32-24-38(73-6)34(25-33(32)52)57-48-55-26-37-41(59-48)64(30-10-7-8-11-30)28-51(53,54)47(72)60(37)5/h9,12-13,24-26,29-30,36H,7-8,10-11,14-23,27-28H2,1-6H3,(H,56,67)(H,55,57,59)(H,58,66,68). The van der Waals surface area contributed by atoms with E-state index in [0.717, 1.165) is 28.7 Å². The zero-order chi connectivity index (χ0) is 52.3. The fourth-order valence-corrected chi connectivity index (χ4v) is 11.7. The van der Waals surface area contributed by atoms with Crippen molar-refractivity contribution in [2.75, 3.05) is 80.0 Å². The van der Waals surface area contributed by atoms with Gasteiger partial charge in [-0.3, -0.25) is 48.7 Å². The molecule has 3 N–H and O–H groups in total. The lowest BCUT2D eigenvalue weighted by Crippen LogP contribution is -2.57. The van der Waals surface area contributed by atoms with Gasteiger partial charge < -0.3 is 35.0 Å². The first-order valence-corrected chi connectivity index (χ1v) is 25.0. The Morgan fingerprint density at radius 3 is 2.27 bits per heavy atom. The lowest BCUT2D eigenvalue weighted by molar-refractivity contribution is -0.143. The monoisotopic (exact) mass is 1010 g/mol. The topological polar surface area (TPSA) is 210 Å². The van der Waals surface area contributed by atoms with Gasteiger partial charge in [0, 0.05) is 81.8 Å². The highest BCUT2D eigenvalue weighted by atomic mass is 19.3. The first-order valence-electron chi connectivity index (χ1n) is 25.0. The number of imide groups is 2. The Labute approximate surface area is 421 Å². The van der Waals surface area contributed by atoms with Gasteiger partial charge in [-0.15, -0.1) is 0 Å². The van der Waals surface area contributed by atoms with E-state index in [0.29, 0.717) is 77.1 Å². The van der Waals surface area contributed by atoms with Gasteiger partial charge in [0.25, 0.3) is 23.6 Å². The van der Waals surface area contributed by atoms with Crippen LogP contribution in [0, 0.1) is 11.2 Å². The minimum absolute atomic E-state index is 0.0189. The van der Waals surface area contributed by atoms with Crippen LogP contribution in [0.5, 0.6) is 5.75 Å². The van der Waals surface area contributed by atoms with Crippen molar-refractivity contribution < 1.29 is 51.5 Å². The van der Waals surface area contributed by atoms with Gasteiger partial charge in [-0.2, -0.15) is 13.8 Å². The molecule has 19 nitrogen and oxygen atoms in total. The van der Waals surface area contributed by atoms with Crippen LogP contribution in [0.3, 0.4) is 0 Å². The predicted octanol–water partition coefficient (Wildman–Crippen LogP) is 4.87. The Kier molecular flexibility index (Phi) is 13.7. The number of hydrogen-bond acceptors (Lipinski definition) is 14. The number of nitrogens with one attached hydrogen (secondary N) is 3. The van der Waals surface area contributed by atoms with E-state index in [4.69, 9.17) is 4.74 Å². The van der Waals surface area contributed by atoms with Crippen LogP contribution in [0.4, 0.5) is 42.0 Å². The van der Waals surface area contributed by atoms with E-state index >= 15 is 13.2 Å². The van der Waals surface area contributed by atoms with E-state index in [-0.39, 0.29) is 76.4 Å². The van der Waals surface area contributed by atoms with Gasteiger partial charge in [-0.1, -0.05) is 32.8 Å². The summed E-state index contributed by atoms with van der Waals surface area (Å²) in [6.45, 7) is 10.3. The highest BCUT2D eigenvalue weighted by molar-refractivity contribution is 6.25. The van der Waals surface area contributed by atoms with E-state index in [1.165, 1.54) is 31.3 Å². The van der Waals surface area contributed by atoms with E-state index < -0.39 is 70.7 Å². The summed E-state index contributed by atoms with van der Waals surface area (Å²) in [5, 5.41) is 8.08. The number of alkyl halides is 2. The number of fused-ring (bicyclic) bond motifs is 2. The SMILES string of the molecule is COc1cc(C(=O)NC2CCN(C(=O)C(C)(C)CC(C)(C)N3CCN(c4cccc5c4C(=O)N(C4CCC(=O)NC4=O)C5=O)CC3)CC2)c(F)cc1Nc1ncc2c(n1)N(C1CCCC1)CC(F)(F)C(=O)N2C. The van der Waals surface area contributed by atoms with Crippen molar-refractivity contribution in [1.29, 1.82) is 0 Å². The summed E-state index contributed by atoms with van der Waals surface area (Å²) in [5.74, 6) is -8.56. The number of likely N-dealkylation sites (tertiary alicyclic amines) is 1. The molecule has 5 aliphatic heterocycles. The molecule has 1 saturated carbocycles. The minimum atomic E-state index is -3.66. The molecule has 390 valence electrons. The van der Waals surface area contributed by atoms with Crippen LogP contribution in [-0.2, 0) is 19.2 Å². The number of piperidine rings is 2. The van der Waals surface area contributed by atoms with Crippen LogP contribution in [0.2, 0.25) is 0 Å². The molecule has 6 heterocycles. The van der Waals surface area contributed by atoms with Crippen molar-refractivity contribution in [3.8, 4) is 5.75 Å². The lowest BCUT2D eigenvalue weighted by Gasteiger charge is -2.48. The number of aromatic nitrogens is 2. The Bertz CT molecular complexity index is 2750. The van der Waals surface area contributed by atoms with Crippen molar-refractivity contribution in [3.05, 3.63) is 59.0 Å². The first-order chi connectivity index (χ1) is 34.6. The minimum Gasteiger partial charge on any atom is -0.495 e. The molecule has 2 aromatic carbocycles. The Hall–Kier alpha value is -6.84. The maximum Gasteiger partial charge on any atom is 0.342 e. The number of carbonyl (C=O) groups excluding carboxylic acids is 7. The number of ether oxygens (including phenoxy) is 1. The summed E-state index contributed by atoms with van der Waals surface area (Å²) in [6, 6.07) is 5.80. The fraction of sp³-hybridized carbons (Fsp3) is 0.549. The number of rotatable bonds is 12. The van der Waals surface area contributed by atoms with Crippen LogP contribution in [0.25, 0.3) is 0 Å². The number of benzene rings is 2. The Morgan fingerprint density at radius 1 is 0.904 bits per heavy atom. The molecule has 73 heavy (non-hydrogen) atoms. The van der Waals surface area contributed by atoms with E-state index in [1.807, 2.05) is 24.8 Å². The normalized spacial score (nSPS) is 21.3. The van der Waals surface area contributed by atoms with Gasteiger partial charge in [0.1, 0.15) is 23.3 Å². The summed E-state index contributed by atoms with van der Waals surface area (Å²) in [6.07, 6.45) is 5.84. The van der Waals surface area contributed by atoms with Crippen molar-refractivity contribution in [2.24, 2.45) is 5.41 Å². The molecular weight excluding hydrogens is 952 g/mol. The molecule has 0 radical (unpaired) electrons. The number of halogens is 3. The van der Waals surface area contributed by atoms with Crippen LogP contribution < -0.4 is 35.4 Å². The number of hydrogen-bond donors (Lipinski definition) is 3. The van der Waals surface area contributed by atoms with E-state index in [9.17, 15) is 33.6 Å². The van der Waals surface area contributed by atoms with Gasteiger partial charge in [-0.25, -0.2) is 9.37 Å². The largest absolute Gasteiger partial charge is 0.495 e. The Morgan fingerprint density at radius 2 is 1.60 bits per heavy atom. The predicted molar refractivity (Wildman–Crippen MR) is 263 cm³/mol. The van der Waals surface area contributed by atoms with Crippen LogP contribution in [-0.4, -0.2) is 156 Å². The molecule has 3 saturated heterocycles. The molecule has 7 amide bonds. The van der Waals surface area contributed by atoms with Gasteiger partial charge in [-0.05, 0) is 70.6 Å². The van der Waals surface area contributed by atoms with E-state index in [1.54, 1.807) is 12.1 Å². The summed E-state index contributed by atoms with van der Waals surface area (Å²) in [4.78, 5) is 111. The quantitative estimate of drug-likeness (QED) is 0.207. The zero-order valence-corrected chi connectivity index (χ0v) is 42.0. The number of amides is 7. The maximum atomic E-state index is 15.8. The molecule has 1 atom stereocenters. The number of piperazine rings is 1. The molecule has 1 unspecified atom stereocenters. The number of methoxy groups -OCH3 is 1. The molecule has 9 rings (SSSR count). The molecule has 0 bridgehead atoms. The molecular formula is C51H62F3N11O8. The molecule has 4 fully saturated rings. The second-order valence-electron chi connectivity index (χ2n) is 21.2. The summed E-state index contributed by atoms with van der Waals surface area (Å²) in [5.41, 5.74) is -0.140. The van der Waals surface area contributed by atoms with Crippen LogP contribution in [0.1, 0.15) is 117 Å². The molecule has 6 aliphatic rings. The number of carbonyl (C=O) groups is 7. The summed E-state index contributed by atoms with van der Waals surface area (Å²) >= 11 is 0. The molecule has 22 heteroatoms. The first kappa shape index (κ1) is 51.1. The highest BCUT2D eigenvalue weighted by Crippen LogP contribution is 2.42. The average molecular weight is 1010 g/mol. The molecule has 3 aromatic rings. The molecule has 1 aliphatic carbocycles. The molecule has 1 aromatic heterocycles. The van der Waals surface area contributed by atoms with Crippen molar-refractivity contribution >= 4 is 70.2 Å². The van der Waals surface area contributed by atoms with Crippen LogP contribution in [0.15, 0.2) is 36.5 Å². The lowest BCUT2D eigenvalue weighted by atomic mass is 9.77. The van der Waals surface area contributed by atoms with Gasteiger partial charge in [0.05, 0.1) is 47.9 Å². The van der Waals surface area contributed by atoms with Gasteiger partial charge in [0.15, 0.2) is 5.82 Å². The molecule has 0 spiro atoms. The van der Waals surface area contributed by atoms with Crippen molar-refractivity contribution in [2.45, 2.75) is 115 Å². The fourth-order valence-electron chi connectivity index (χ4n) is 11.7. The second-order valence-corrected chi connectivity index (χ2v) is 21.2. The zero-order valence-electron chi connectivity index (χ0n) is 42.0. The second kappa shape index (κ2) is 19.5. The van der Waals surface area contributed by atoms with Crippen LogP contribution >= 0.6 is 0 Å². The smallest absolute Gasteiger partial charge is 0.342 e. The van der Waals surface area contributed by atoms with Gasteiger partial charge in [0.2, 0.25) is 23.7 Å². The maximum absolute atomic E-state index is 15.8. The average Bonchev–Trinajstić information content (AvgIpc) is 3.97. The summed E-state index contributed by atoms with van der Waals surface area (Å²) in [7, 11) is 2.61. The number of anilines is 5. The third-order valence-corrected chi connectivity index (χ3v) is 15.4. The third kappa shape index (κ3) is 9.76. The van der Waals surface area contributed by atoms with E-state index in [2.05, 4.69) is 49.6 Å². The third-order valence-electron chi connectivity index (χ3n) is 15.4. The van der Waals surface area contributed by atoms with Crippen molar-refractivity contribution in [3.63, 3.8) is 0 Å². The highest BCUT2D eigenvalue weighted by Gasteiger charge is 2.50. The summed E-state index contributed by atoms with van der Waals surface area (Å²) < 4.78 is 51.6. The Balaban J connectivity index is 0.785. The van der Waals surface area contributed by atoms with Gasteiger partial charge >= 0.3 is 5.92 Å². The number of nitrogens with zero attached hydrogens (tertiary/aromatic N) is 8. The van der Waals surface area contributed by atoms with Crippen molar-refractivity contribution in [1.82, 2.24) is 35.3 Å².